The van der Waals surface area contributed by atoms with E-state index in [4.69, 9.17) is 4.98 Å². The molecule has 1 saturated carbocycles. The Bertz CT molecular complexity index is 1510. The van der Waals surface area contributed by atoms with E-state index < -0.39 is 0 Å². The number of imidazole rings is 1. The molecule has 2 amide bonds. The number of nitrogens with zero attached hydrogens (tertiary/aromatic N) is 5. The lowest BCUT2D eigenvalue weighted by Crippen LogP contribution is -2.37. The lowest BCUT2D eigenvalue weighted by molar-refractivity contribution is -0.119. The average Bonchev–Trinajstić information content (AvgIpc) is 3.62. The van der Waals surface area contributed by atoms with E-state index >= 15 is 0 Å². The molecule has 8 heteroatoms. The fraction of sp³-hybridized carbons (Fsp3) is 0.385. The summed E-state index contributed by atoms with van der Waals surface area (Å²) < 4.78 is 3.91. The van der Waals surface area contributed by atoms with Gasteiger partial charge in [-0.25, -0.2) is 9.50 Å². The minimum Gasteiger partial charge on any atom is -0.335 e. The van der Waals surface area contributed by atoms with Crippen molar-refractivity contribution in [2.24, 2.45) is 5.92 Å². The number of amides is 2. The molecule has 0 spiro atoms. The fourth-order valence-corrected chi connectivity index (χ4v) is 6.34. The molecule has 2 aliphatic heterocycles. The number of para-hydroxylation sites is 1. The molecule has 1 unspecified atom stereocenters. The van der Waals surface area contributed by atoms with Gasteiger partial charge in [-0.05, 0) is 56.7 Å². The van der Waals surface area contributed by atoms with Crippen LogP contribution in [-0.2, 0) is 4.79 Å². The van der Waals surface area contributed by atoms with E-state index in [2.05, 4.69) is 27.1 Å². The van der Waals surface area contributed by atoms with E-state index in [9.17, 15) is 9.59 Å². The molecule has 1 aromatic carbocycles. The van der Waals surface area contributed by atoms with Gasteiger partial charge in [-0.1, -0.05) is 19.1 Å². The number of likely N-dealkylation sites (tertiary alicyclic amines) is 1. The Labute approximate surface area is 196 Å². The van der Waals surface area contributed by atoms with Gasteiger partial charge in [0.05, 0.1) is 34.4 Å². The van der Waals surface area contributed by atoms with E-state index in [1.807, 2.05) is 36.9 Å². The molecule has 5 heterocycles. The number of anilines is 1. The summed E-state index contributed by atoms with van der Waals surface area (Å²) >= 11 is 0. The molecule has 0 radical (unpaired) electrons. The first-order chi connectivity index (χ1) is 16.5. The Kier molecular flexibility index (Phi) is 4.02. The zero-order valence-corrected chi connectivity index (χ0v) is 19.3. The van der Waals surface area contributed by atoms with Crippen LogP contribution in [0.3, 0.4) is 0 Å². The van der Waals surface area contributed by atoms with Crippen LogP contribution in [0.5, 0.6) is 0 Å². The largest absolute Gasteiger partial charge is 0.335 e. The van der Waals surface area contributed by atoms with Crippen molar-refractivity contribution in [2.45, 2.75) is 51.6 Å². The molecule has 8 nitrogen and oxygen atoms in total. The summed E-state index contributed by atoms with van der Waals surface area (Å²) in [6.07, 6.45) is 5.82. The van der Waals surface area contributed by atoms with Gasteiger partial charge < -0.3 is 14.8 Å². The molecule has 7 rings (SSSR count). The topological polar surface area (TPSA) is 84.5 Å². The van der Waals surface area contributed by atoms with Crippen LogP contribution in [0.25, 0.3) is 27.9 Å². The minimum absolute atomic E-state index is 0.00714. The number of carbonyl (C=O) groups is 2. The number of rotatable bonds is 3. The van der Waals surface area contributed by atoms with Crippen molar-refractivity contribution >= 4 is 34.1 Å². The number of aromatic nitrogens is 4. The first kappa shape index (κ1) is 19.8. The number of fused-ring (bicyclic) bond motifs is 3. The zero-order chi connectivity index (χ0) is 23.1. The highest BCUT2D eigenvalue weighted by Gasteiger charge is 2.40. The van der Waals surface area contributed by atoms with Gasteiger partial charge in [-0.3, -0.25) is 9.59 Å². The normalized spacial score (nSPS) is 23.3. The van der Waals surface area contributed by atoms with Crippen molar-refractivity contribution in [3.8, 4) is 11.4 Å². The van der Waals surface area contributed by atoms with Crippen molar-refractivity contribution in [3.05, 3.63) is 47.8 Å². The predicted molar refractivity (Wildman–Crippen MR) is 129 cm³/mol. The van der Waals surface area contributed by atoms with E-state index in [0.717, 1.165) is 53.1 Å². The summed E-state index contributed by atoms with van der Waals surface area (Å²) in [7, 11) is 0. The third kappa shape index (κ3) is 2.59. The number of piperidine rings is 1. The molecule has 3 atom stereocenters. The highest BCUT2D eigenvalue weighted by Crippen LogP contribution is 2.41. The van der Waals surface area contributed by atoms with Gasteiger partial charge in [0.2, 0.25) is 5.91 Å². The number of carbonyl (C=O) groups excluding carboxylic acids is 2. The molecule has 1 aliphatic carbocycles. The van der Waals surface area contributed by atoms with Crippen molar-refractivity contribution in [1.29, 1.82) is 0 Å². The van der Waals surface area contributed by atoms with Gasteiger partial charge in [0.25, 0.3) is 5.91 Å². The molecule has 1 N–H and O–H groups in total. The van der Waals surface area contributed by atoms with E-state index in [1.165, 1.54) is 6.42 Å². The van der Waals surface area contributed by atoms with Gasteiger partial charge >= 0.3 is 0 Å². The second kappa shape index (κ2) is 6.91. The van der Waals surface area contributed by atoms with E-state index in [1.54, 1.807) is 10.7 Å². The summed E-state index contributed by atoms with van der Waals surface area (Å²) in [5.74, 6) is 0.701. The van der Waals surface area contributed by atoms with Gasteiger partial charge in [0.15, 0.2) is 5.65 Å². The smallest absolute Gasteiger partial charge is 0.255 e. The molecule has 1 saturated heterocycles. The van der Waals surface area contributed by atoms with Crippen LogP contribution in [0.1, 0.15) is 54.7 Å². The second-order valence-electron chi connectivity index (χ2n) is 9.91. The number of hydrogen-bond acceptors (Lipinski definition) is 4. The number of nitrogens with one attached hydrogen (secondary N) is 1. The molecular weight excluding hydrogens is 428 g/mol. The number of benzene rings is 1. The van der Waals surface area contributed by atoms with Gasteiger partial charge in [-0.2, -0.15) is 5.10 Å². The Hall–Kier alpha value is -3.68. The highest BCUT2D eigenvalue weighted by atomic mass is 16.2. The van der Waals surface area contributed by atoms with Gasteiger partial charge in [0, 0.05) is 18.0 Å². The van der Waals surface area contributed by atoms with Crippen LogP contribution in [0.2, 0.25) is 0 Å². The Morgan fingerprint density at radius 2 is 2.12 bits per heavy atom. The molecule has 34 heavy (non-hydrogen) atoms. The number of aryl methyl sites for hydroxylation is 1. The van der Waals surface area contributed by atoms with Crippen molar-refractivity contribution in [2.75, 3.05) is 11.9 Å². The molecular formula is C26H26N6O2. The van der Waals surface area contributed by atoms with Crippen LogP contribution < -0.4 is 5.32 Å². The SMILES string of the molecule is CCC1C(=O)Nc2cccc3cc(-c4nc5cc(C(=O)N6C[C@H]7CC[C@@H]6C7)cnn5c4C)n1c23. The van der Waals surface area contributed by atoms with Crippen molar-refractivity contribution in [3.63, 3.8) is 0 Å². The predicted octanol–water partition coefficient (Wildman–Crippen LogP) is 4.19. The molecule has 2 bridgehead atoms. The zero-order valence-electron chi connectivity index (χ0n) is 19.3. The molecule has 3 aliphatic rings. The highest BCUT2D eigenvalue weighted by molar-refractivity contribution is 6.08. The second-order valence-corrected chi connectivity index (χ2v) is 9.91. The third-order valence-corrected chi connectivity index (χ3v) is 7.98. The van der Waals surface area contributed by atoms with Crippen LogP contribution in [0, 0.1) is 12.8 Å². The average molecular weight is 455 g/mol. The lowest BCUT2D eigenvalue weighted by atomic mass is 10.1. The quantitative estimate of drug-likeness (QED) is 0.503. The molecule has 4 aromatic rings. The third-order valence-electron chi connectivity index (χ3n) is 7.98. The van der Waals surface area contributed by atoms with Crippen molar-refractivity contribution in [1.82, 2.24) is 24.1 Å². The molecule has 172 valence electrons. The van der Waals surface area contributed by atoms with Crippen LogP contribution in [0.15, 0.2) is 36.5 Å². The van der Waals surface area contributed by atoms with Crippen molar-refractivity contribution < 1.29 is 9.59 Å². The Morgan fingerprint density at radius 1 is 1.24 bits per heavy atom. The van der Waals surface area contributed by atoms with Crippen LogP contribution >= 0.6 is 0 Å². The standard InChI is InChI=1S/C26H26N6O2/c1-3-20-25(33)28-19-6-4-5-16-10-21(31(20)24(16)19)23-14(2)32-22(29-23)11-17(12-27-32)26(34)30-13-15-7-8-18(30)9-15/h4-6,10-12,15,18,20H,3,7-9,13H2,1-2H3,(H,28,33)/t15-,18+,20?/m0/s1. The summed E-state index contributed by atoms with van der Waals surface area (Å²) in [6.45, 7) is 4.87. The number of hydrogen-bond donors (Lipinski definition) is 1. The monoisotopic (exact) mass is 454 g/mol. The van der Waals surface area contributed by atoms with Gasteiger partial charge in [-0.15, -0.1) is 0 Å². The summed E-state index contributed by atoms with van der Waals surface area (Å²) in [5.41, 5.74) is 5.65. The summed E-state index contributed by atoms with van der Waals surface area (Å²) in [4.78, 5) is 33.0. The fourth-order valence-electron chi connectivity index (χ4n) is 6.34. The first-order valence-corrected chi connectivity index (χ1v) is 12.1. The Balaban J connectivity index is 1.36. The van der Waals surface area contributed by atoms with Gasteiger partial charge in [0.1, 0.15) is 11.7 Å². The van der Waals surface area contributed by atoms with Crippen LogP contribution in [-0.4, -0.2) is 48.5 Å². The lowest BCUT2D eigenvalue weighted by Gasteiger charge is -2.26. The first-order valence-electron chi connectivity index (χ1n) is 12.1. The van der Waals surface area contributed by atoms with E-state index in [0.29, 0.717) is 29.6 Å². The molecule has 3 aromatic heterocycles. The maximum Gasteiger partial charge on any atom is 0.255 e. The Morgan fingerprint density at radius 3 is 2.88 bits per heavy atom. The van der Waals surface area contributed by atoms with Crippen LogP contribution in [0.4, 0.5) is 5.69 Å². The molecule has 2 fully saturated rings. The maximum atomic E-state index is 13.2. The minimum atomic E-state index is -0.303. The summed E-state index contributed by atoms with van der Waals surface area (Å²) in [6, 6.07) is 9.98. The maximum absolute atomic E-state index is 13.2. The van der Waals surface area contributed by atoms with E-state index in [-0.39, 0.29) is 17.9 Å². The summed E-state index contributed by atoms with van der Waals surface area (Å²) in [5, 5.41) is 8.71.